The molecule has 1 fully saturated rings. The summed E-state index contributed by atoms with van der Waals surface area (Å²) in [6, 6.07) is 14.5. The minimum absolute atomic E-state index is 0.0455. The predicted octanol–water partition coefficient (Wildman–Crippen LogP) is 3.32. The lowest BCUT2D eigenvalue weighted by Crippen LogP contribution is -2.41. The van der Waals surface area contributed by atoms with Crippen LogP contribution in [0.3, 0.4) is 0 Å². The Bertz CT molecular complexity index is 914. The molecule has 126 valence electrons. The van der Waals surface area contributed by atoms with E-state index in [0.717, 1.165) is 27.6 Å². The molecule has 1 saturated heterocycles. The van der Waals surface area contributed by atoms with E-state index in [1.54, 1.807) is 4.90 Å². The predicted molar refractivity (Wildman–Crippen MR) is 97.0 cm³/mol. The lowest BCUT2D eigenvalue weighted by molar-refractivity contribution is -0.133. The highest BCUT2D eigenvalue weighted by atomic mass is 16.5. The van der Waals surface area contributed by atoms with Crippen molar-refractivity contribution in [3.8, 4) is 11.1 Å². The number of aromatic nitrogens is 2. The molecule has 0 saturated carbocycles. The highest BCUT2D eigenvalue weighted by Crippen LogP contribution is 2.29. The summed E-state index contributed by atoms with van der Waals surface area (Å²) in [5, 5.41) is 8.28. The number of nitrogens with one attached hydrogen (secondary N) is 1. The summed E-state index contributed by atoms with van der Waals surface area (Å²) < 4.78 is 5.85. The van der Waals surface area contributed by atoms with E-state index in [1.165, 1.54) is 6.08 Å². The Balaban J connectivity index is 1.59. The molecule has 1 N–H and O–H groups in total. The average Bonchev–Trinajstić information content (AvgIpc) is 3.16. The van der Waals surface area contributed by atoms with Gasteiger partial charge < -0.3 is 9.64 Å². The van der Waals surface area contributed by atoms with Crippen LogP contribution in [0.15, 0.2) is 61.3 Å². The molecule has 5 heteroatoms. The summed E-state index contributed by atoms with van der Waals surface area (Å²) in [5.74, 6) is -0.0455. The minimum Gasteiger partial charge on any atom is -0.370 e. The maximum atomic E-state index is 11.8. The molecular formula is C20H19N3O2. The average molecular weight is 333 g/mol. The fraction of sp³-hybridized carbons (Fsp3) is 0.200. The number of hydrogen-bond donors (Lipinski definition) is 1. The number of benzene rings is 2. The van der Waals surface area contributed by atoms with Crippen molar-refractivity contribution in [2.45, 2.75) is 6.10 Å². The van der Waals surface area contributed by atoms with Gasteiger partial charge in [-0.1, -0.05) is 49.0 Å². The number of carbonyl (C=O) groups is 1. The number of fused-ring (bicyclic) bond motifs is 1. The summed E-state index contributed by atoms with van der Waals surface area (Å²) in [6.45, 7) is 5.27. The molecule has 2 heterocycles. The van der Waals surface area contributed by atoms with Gasteiger partial charge in [-0.05, 0) is 17.2 Å². The zero-order valence-corrected chi connectivity index (χ0v) is 13.8. The van der Waals surface area contributed by atoms with Crippen LogP contribution in [-0.2, 0) is 9.53 Å². The Labute approximate surface area is 145 Å². The first-order chi connectivity index (χ1) is 12.3. The SMILES string of the molecule is C=CC(=O)N1CCO[C@H](c2ccc(-c3cccc4cn[nH]c34)cc2)C1. The number of carbonyl (C=O) groups excluding carboxylic acids is 1. The van der Waals surface area contributed by atoms with E-state index in [-0.39, 0.29) is 12.0 Å². The molecule has 3 aromatic rings. The number of amides is 1. The number of hydrogen-bond acceptors (Lipinski definition) is 3. The van der Waals surface area contributed by atoms with Crippen molar-refractivity contribution in [2.24, 2.45) is 0 Å². The van der Waals surface area contributed by atoms with Crippen LogP contribution >= 0.6 is 0 Å². The van der Waals surface area contributed by atoms with Crippen LogP contribution in [0.25, 0.3) is 22.0 Å². The third-order valence-electron chi connectivity index (χ3n) is 4.62. The van der Waals surface area contributed by atoms with Crippen molar-refractivity contribution in [1.82, 2.24) is 15.1 Å². The van der Waals surface area contributed by atoms with Crippen LogP contribution in [0.2, 0.25) is 0 Å². The molecule has 25 heavy (non-hydrogen) atoms. The van der Waals surface area contributed by atoms with Crippen molar-refractivity contribution in [2.75, 3.05) is 19.7 Å². The Morgan fingerprint density at radius 1 is 1.28 bits per heavy atom. The summed E-state index contributed by atoms with van der Waals surface area (Å²) in [6.07, 6.45) is 3.08. The number of ether oxygens (including phenoxy) is 1. The number of nitrogens with zero attached hydrogens (tertiary/aromatic N) is 2. The van der Waals surface area contributed by atoms with E-state index in [2.05, 4.69) is 47.1 Å². The van der Waals surface area contributed by atoms with Gasteiger partial charge >= 0.3 is 0 Å². The van der Waals surface area contributed by atoms with Crippen molar-refractivity contribution < 1.29 is 9.53 Å². The molecule has 0 bridgehead atoms. The molecule has 0 spiro atoms. The molecule has 5 nitrogen and oxygen atoms in total. The number of H-pyrrole nitrogens is 1. The molecular weight excluding hydrogens is 314 g/mol. The first-order valence-corrected chi connectivity index (χ1v) is 8.31. The van der Waals surface area contributed by atoms with Crippen LogP contribution in [0.4, 0.5) is 0 Å². The fourth-order valence-corrected chi connectivity index (χ4v) is 3.27. The Morgan fingerprint density at radius 2 is 2.12 bits per heavy atom. The quantitative estimate of drug-likeness (QED) is 0.748. The monoisotopic (exact) mass is 333 g/mol. The topological polar surface area (TPSA) is 58.2 Å². The smallest absolute Gasteiger partial charge is 0.246 e. The van der Waals surface area contributed by atoms with E-state index >= 15 is 0 Å². The van der Waals surface area contributed by atoms with Gasteiger partial charge in [0, 0.05) is 17.5 Å². The van der Waals surface area contributed by atoms with Crippen LogP contribution in [0.1, 0.15) is 11.7 Å². The first kappa shape index (κ1) is 15.6. The molecule has 1 aliphatic heterocycles. The van der Waals surface area contributed by atoms with E-state index in [9.17, 15) is 4.79 Å². The second kappa shape index (κ2) is 6.53. The Hall–Kier alpha value is -2.92. The Kier molecular flexibility index (Phi) is 4.07. The number of para-hydroxylation sites is 1. The van der Waals surface area contributed by atoms with Crippen molar-refractivity contribution in [1.29, 1.82) is 0 Å². The van der Waals surface area contributed by atoms with Crippen LogP contribution in [0.5, 0.6) is 0 Å². The lowest BCUT2D eigenvalue weighted by Gasteiger charge is -2.32. The Morgan fingerprint density at radius 3 is 2.92 bits per heavy atom. The second-order valence-electron chi connectivity index (χ2n) is 6.11. The van der Waals surface area contributed by atoms with E-state index < -0.39 is 0 Å². The van der Waals surface area contributed by atoms with Gasteiger partial charge in [0.15, 0.2) is 0 Å². The third kappa shape index (κ3) is 2.94. The number of rotatable bonds is 3. The molecule has 1 aromatic heterocycles. The van der Waals surface area contributed by atoms with Crippen molar-refractivity contribution >= 4 is 16.8 Å². The summed E-state index contributed by atoms with van der Waals surface area (Å²) in [7, 11) is 0. The van der Waals surface area contributed by atoms with Crippen molar-refractivity contribution in [3.63, 3.8) is 0 Å². The molecule has 4 rings (SSSR count). The van der Waals surface area contributed by atoms with Crippen LogP contribution < -0.4 is 0 Å². The maximum Gasteiger partial charge on any atom is 0.246 e. The standard InChI is InChI=1S/C20H19N3O2/c1-2-19(24)23-10-11-25-18(13-23)15-8-6-14(7-9-15)17-5-3-4-16-12-21-22-20(16)17/h2-9,12,18H,1,10-11,13H2,(H,21,22)/t18-/m0/s1. The van der Waals surface area contributed by atoms with E-state index in [1.807, 2.05) is 18.3 Å². The number of morpholine rings is 1. The van der Waals surface area contributed by atoms with Gasteiger partial charge in [0.25, 0.3) is 0 Å². The van der Waals surface area contributed by atoms with Crippen molar-refractivity contribution in [3.05, 3.63) is 66.9 Å². The second-order valence-corrected chi connectivity index (χ2v) is 6.11. The van der Waals surface area contributed by atoms with Gasteiger partial charge in [-0.2, -0.15) is 5.10 Å². The summed E-state index contributed by atoms with van der Waals surface area (Å²) in [5.41, 5.74) is 4.34. The van der Waals surface area contributed by atoms with Gasteiger partial charge in [-0.3, -0.25) is 9.89 Å². The zero-order valence-electron chi connectivity index (χ0n) is 13.8. The van der Waals surface area contributed by atoms with Gasteiger partial charge in [-0.25, -0.2) is 0 Å². The van der Waals surface area contributed by atoms with E-state index in [0.29, 0.717) is 19.7 Å². The molecule has 1 atom stereocenters. The van der Waals surface area contributed by atoms with E-state index in [4.69, 9.17) is 4.74 Å². The normalized spacial score (nSPS) is 17.6. The van der Waals surface area contributed by atoms with Gasteiger partial charge in [0.1, 0.15) is 6.10 Å². The maximum absolute atomic E-state index is 11.8. The summed E-state index contributed by atoms with van der Waals surface area (Å²) in [4.78, 5) is 13.6. The zero-order chi connectivity index (χ0) is 17.2. The number of aromatic amines is 1. The molecule has 0 aliphatic carbocycles. The molecule has 0 radical (unpaired) electrons. The van der Waals surface area contributed by atoms with Crippen LogP contribution in [0, 0.1) is 0 Å². The highest BCUT2D eigenvalue weighted by Gasteiger charge is 2.24. The third-order valence-corrected chi connectivity index (χ3v) is 4.62. The largest absolute Gasteiger partial charge is 0.370 e. The molecule has 1 aliphatic rings. The first-order valence-electron chi connectivity index (χ1n) is 8.31. The van der Waals surface area contributed by atoms with Gasteiger partial charge in [0.05, 0.1) is 24.9 Å². The van der Waals surface area contributed by atoms with Crippen LogP contribution in [-0.4, -0.2) is 40.7 Å². The van der Waals surface area contributed by atoms with Gasteiger partial charge in [0.2, 0.25) is 5.91 Å². The highest BCUT2D eigenvalue weighted by molar-refractivity contribution is 5.93. The molecule has 0 unspecified atom stereocenters. The molecule has 2 aromatic carbocycles. The lowest BCUT2D eigenvalue weighted by atomic mass is 9.99. The molecule has 1 amide bonds. The fourth-order valence-electron chi connectivity index (χ4n) is 3.27. The minimum atomic E-state index is -0.102. The summed E-state index contributed by atoms with van der Waals surface area (Å²) >= 11 is 0. The van der Waals surface area contributed by atoms with Gasteiger partial charge in [-0.15, -0.1) is 0 Å².